The number of nitrogens with one attached hydrogen (secondary N) is 2. The SMILES string of the molecule is Clc1ccc2[nH]c3c(OCCN4CCCCC4)c4[nH]c5ccc(Cl)cc5c4cc3c2c1. The summed E-state index contributed by atoms with van der Waals surface area (Å²) in [6.07, 6.45) is 3.91. The molecular formula is C25H23Cl2N3O. The molecule has 0 aliphatic carbocycles. The van der Waals surface area contributed by atoms with E-state index in [0.717, 1.165) is 66.0 Å². The normalized spacial score (nSPS) is 15.5. The summed E-state index contributed by atoms with van der Waals surface area (Å²) in [5.74, 6) is 0.865. The van der Waals surface area contributed by atoms with Crippen LogP contribution in [0.5, 0.6) is 5.75 Å². The van der Waals surface area contributed by atoms with E-state index in [1.807, 2.05) is 36.4 Å². The number of nitrogens with zero attached hydrogens (tertiary/aromatic N) is 1. The van der Waals surface area contributed by atoms with Gasteiger partial charge >= 0.3 is 0 Å². The summed E-state index contributed by atoms with van der Waals surface area (Å²) in [6.45, 7) is 3.92. The summed E-state index contributed by atoms with van der Waals surface area (Å²) < 4.78 is 6.48. The van der Waals surface area contributed by atoms with Crippen LogP contribution in [0.15, 0.2) is 42.5 Å². The van der Waals surface area contributed by atoms with Gasteiger partial charge < -0.3 is 14.7 Å². The maximum atomic E-state index is 6.48. The summed E-state index contributed by atoms with van der Waals surface area (Å²) in [5.41, 5.74) is 4.10. The first-order valence-corrected chi connectivity index (χ1v) is 11.6. The molecule has 0 amide bonds. The lowest BCUT2D eigenvalue weighted by Crippen LogP contribution is -2.33. The van der Waals surface area contributed by atoms with E-state index in [0.29, 0.717) is 6.61 Å². The number of piperidine rings is 1. The molecule has 0 bridgehead atoms. The van der Waals surface area contributed by atoms with E-state index in [1.165, 1.54) is 32.4 Å². The van der Waals surface area contributed by atoms with Crippen molar-refractivity contribution in [1.82, 2.24) is 14.9 Å². The van der Waals surface area contributed by atoms with Crippen molar-refractivity contribution in [3.05, 3.63) is 52.5 Å². The zero-order valence-corrected chi connectivity index (χ0v) is 18.6. The van der Waals surface area contributed by atoms with E-state index in [1.54, 1.807) is 0 Å². The van der Waals surface area contributed by atoms with Crippen LogP contribution in [0.4, 0.5) is 0 Å². The molecule has 4 nitrogen and oxygen atoms in total. The lowest BCUT2D eigenvalue weighted by molar-refractivity contribution is 0.185. The Bertz CT molecular complexity index is 1330. The Balaban J connectivity index is 1.53. The van der Waals surface area contributed by atoms with Crippen molar-refractivity contribution >= 4 is 66.8 Å². The molecule has 6 heteroatoms. The second kappa shape index (κ2) is 7.63. The van der Waals surface area contributed by atoms with Gasteiger partial charge in [-0.15, -0.1) is 0 Å². The molecule has 0 atom stereocenters. The number of ether oxygens (including phenoxy) is 1. The lowest BCUT2D eigenvalue weighted by atomic mass is 10.1. The molecule has 2 aromatic heterocycles. The molecule has 1 fully saturated rings. The molecule has 3 heterocycles. The highest BCUT2D eigenvalue weighted by atomic mass is 35.5. The van der Waals surface area contributed by atoms with Crippen molar-refractivity contribution in [2.45, 2.75) is 19.3 Å². The highest BCUT2D eigenvalue weighted by molar-refractivity contribution is 6.33. The highest BCUT2D eigenvalue weighted by Gasteiger charge is 2.18. The molecule has 1 aliphatic rings. The monoisotopic (exact) mass is 451 g/mol. The Labute approximate surface area is 190 Å². The Morgan fingerprint density at radius 2 is 1.32 bits per heavy atom. The number of hydrogen-bond acceptors (Lipinski definition) is 2. The number of fused-ring (bicyclic) bond motifs is 6. The van der Waals surface area contributed by atoms with Gasteiger partial charge in [-0.25, -0.2) is 0 Å². The van der Waals surface area contributed by atoms with E-state index in [9.17, 15) is 0 Å². The lowest BCUT2D eigenvalue weighted by Gasteiger charge is -2.26. The number of benzene rings is 3. The van der Waals surface area contributed by atoms with Gasteiger partial charge in [0.1, 0.15) is 6.61 Å². The third kappa shape index (κ3) is 3.34. The van der Waals surface area contributed by atoms with E-state index < -0.39 is 0 Å². The zero-order valence-electron chi connectivity index (χ0n) is 17.1. The molecule has 1 saturated heterocycles. The fourth-order valence-corrected chi connectivity index (χ4v) is 5.25. The van der Waals surface area contributed by atoms with Gasteiger partial charge in [-0.05, 0) is 68.4 Å². The van der Waals surface area contributed by atoms with Crippen molar-refractivity contribution in [1.29, 1.82) is 0 Å². The molecular weight excluding hydrogens is 429 g/mol. The zero-order chi connectivity index (χ0) is 20.9. The molecule has 6 rings (SSSR count). The van der Waals surface area contributed by atoms with Crippen molar-refractivity contribution < 1.29 is 4.74 Å². The third-order valence-corrected chi connectivity index (χ3v) is 6.92. The minimum Gasteiger partial charge on any atom is -0.488 e. The number of halogens is 2. The second-order valence-corrected chi connectivity index (χ2v) is 9.30. The first kappa shape index (κ1) is 19.3. The number of hydrogen-bond donors (Lipinski definition) is 2. The van der Waals surface area contributed by atoms with Crippen LogP contribution in [0.1, 0.15) is 19.3 Å². The summed E-state index contributed by atoms with van der Waals surface area (Å²) in [6, 6.07) is 14.1. The second-order valence-electron chi connectivity index (χ2n) is 8.43. The number of aromatic amines is 2. The largest absolute Gasteiger partial charge is 0.488 e. The average molecular weight is 452 g/mol. The quantitative estimate of drug-likeness (QED) is 0.305. The molecule has 0 unspecified atom stereocenters. The summed E-state index contributed by atoms with van der Waals surface area (Å²) in [7, 11) is 0. The predicted molar refractivity (Wildman–Crippen MR) is 131 cm³/mol. The van der Waals surface area contributed by atoms with Crippen LogP contribution in [-0.2, 0) is 0 Å². The first-order chi connectivity index (χ1) is 15.2. The number of rotatable bonds is 4. The Hall–Kier alpha value is -2.40. The molecule has 3 aromatic carbocycles. The number of aromatic nitrogens is 2. The van der Waals surface area contributed by atoms with Crippen LogP contribution >= 0.6 is 23.2 Å². The van der Waals surface area contributed by atoms with Crippen LogP contribution < -0.4 is 4.74 Å². The van der Waals surface area contributed by atoms with Crippen molar-refractivity contribution in [3.63, 3.8) is 0 Å². The van der Waals surface area contributed by atoms with Gasteiger partial charge in [0, 0.05) is 49.2 Å². The van der Waals surface area contributed by atoms with Crippen LogP contribution in [-0.4, -0.2) is 41.1 Å². The van der Waals surface area contributed by atoms with E-state index in [4.69, 9.17) is 27.9 Å². The smallest absolute Gasteiger partial charge is 0.167 e. The molecule has 158 valence electrons. The minimum atomic E-state index is 0.653. The first-order valence-electron chi connectivity index (χ1n) is 10.9. The van der Waals surface area contributed by atoms with Crippen LogP contribution in [0.2, 0.25) is 10.0 Å². The Kier molecular flexibility index (Phi) is 4.75. The predicted octanol–water partition coefficient (Wildman–Crippen LogP) is 7.13. The number of likely N-dealkylation sites (tertiary alicyclic amines) is 1. The van der Waals surface area contributed by atoms with Gasteiger partial charge in [0.15, 0.2) is 5.75 Å². The molecule has 2 N–H and O–H groups in total. The summed E-state index contributed by atoms with van der Waals surface area (Å²) in [5, 5.41) is 5.87. The minimum absolute atomic E-state index is 0.653. The molecule has 1 aliphatic heterocycles. The van der Waals surface area contributed by atoms with Gasteiger partial charge in [0.05, 0.1) is 11.0 Å². The summed E-state index contributed by atoms with van der Waals surface area (Å²) in [4.78, 5) is 9.63. The van der Waals surface area contributed by atoms with Gasteiger partial charge in [0.25, 0.3) is 0 Å². The molecule has 31 heavy (non-hydrogen) atoms. The molecule has 0 radical (unpaired) electrons. The van der Waals surface area contributed by atoms with Crippen molar-refractivity contribution in [3.8, 4) is 5.75 Å². The van der Waals surface area contributed by atoms with Crippen LogP contribution in [0, 0.1) is 0 Å². The summed E-state index contributed by atoms with van der Waals surface area (Å²) >= 11 is 12.6. The van der Waals surface area contributed by atoms with Gasteiger partial charge in [0.2, 0.25) is 0 Å². The van der Waals surface area contributed by atoms with Crippen molar-refractivity contribution in [2.75, 3.05) is 26.2 Å². The number of H-pyrrole nitrogens is 2. The van der Waals surface area contributed by atoms with Crippen molar-refractivity contribution in [2.24, 2.45) is 0 Å². The molecule has 0 saturated carbocycles. The fraction of sp³-hybridized carbons (Fsp3) is 0.280. The standard InChI is InChI=1S/C25H23Cl2N3O/c26-15-4-6-21-17(12-15)19-14-20-18-13-16(27)5-7-22(18)29-24(20)25(23(19)28-21)31-11-10-30-8-2-1-3-9-30/h4-7,12-14,28-29H,1-3,8-11H2. The maximum Gasteiger partial charge on any atom is 0.167 e. The van der Waals surface area contributed by atoms with Crippen LogP contribution in [0.3, 0.4) is 0 Å². The molecule has 0 spiro atoms. The van der Waals surface area contributed by atoms with E-state index >= 15 is 0 Å². The Morgan fingerprint density at radius 3 is 1.90 bits per heavy atom. The van der Waals surface area contributed by atoms with Crippen LogP contribution in [0.25, 0.3) is 43.6 Å². The maximum absolute atomic E-state index is 6.48. The van der Waals surface area contributed by atoms with Gasteiger partial charge in [-0.3, -0.25) is 4.90 Å². The van der Waals surface area contributed by atoms with Gasteiger partial charge in [-0.1, -0.05) is 29.6 Å². The van der Waals surface area contributed by atoms with Gasteiger partial charge in [-0.2, -0.15) is 0 Å². The Morgan fingerprint density at radius 1 is 0.742 bits per heavy atom. The topological polar surface area (TPSA) is 44.0 Å². The molecule has 5 aromatic rings. The van der Waals surface area contributed by atoms with E-state index in [-0.39, 0.29) is 0 Å². The average Bonchev–Trinajstić information content (AvgIpc) is 3.32. The van der Waals surface area contributed by atoms with E-state index in [2.05, 4.69) is 20.9 Å². The third-order valence-electron chi connectivity index (χ3n) is 6.45. The highest BCUT2D eigenvalue weighted by Crippen LogP contribution is 2.41. The fourth-order valence-electron chi connectivity index (χ4n) is 4.90.